The third-order valence-electron chi connectivity index (χ3n) is 3.03. The van der Waals surface area contributed by atoms with Crippen molar-refractivity contribution in [1.82, 2.24) is 4.57 Å². The van der Waals surface area contributed by atoms with Gasteiger partial charge in [0.15, 0.2) is 4.80 Å². The molecule has 0 atom stereocenters. The lowest BCUT2D eigenvalue weighted by atomic mass is 10.3. The molecule has 23 heavy (non-hydrogen) atoms. The van der Waals surface area contributed by atoms with E-state index >= 15 is 0 Å². The molecule has 0 aliphatic carbocycles. The fourth-order valence-corrected chi connectivity index (χ4v) is 4.51. The number of hydrogen-bond donors (Lipinski definition) is 0. The van der Waals surface area contributed by atoms with E-state index in [0.717, 1.165) is 10.2 Å². The van der Waals surface area contributed by atoms with Crippen molar-refractivity contribution >= 4 is 73.6 Å². The van der Waals surface area contributed by atoms with Crippen LogP contribution in [-0.4, -0.2) is 10.5 Å². The third-order valence-corrected chi connectivity index (χ3v) is 6.08. The number of halogens is 3. The summed E-state index contributed by atoms with van der Waals surface area (Å²) in [7, 11) is 0. The number of thiazole rings is 1. The van der Waals surface area contributed by atoms with Gasteiger partial charge in [0.2, 0.25) is 0 Å². The van der Waals surface area contributed by atoms with Crippen molar-refractivity contribution in [1.29, 1.82) is 0 Å². The van der Waals surface area contributed by atoms with Gasteiger partial charge in [-0.05, 0) is 24.3 Å². The number of allylic oxidation sites excluding steroid dienone is 1. The van der Waals surface area contributed by atoms with Crippen molar-refractivity contribution < 1.29 is 4.79 Å². The van der Waals surface area contributed by atoms with Gasteiger partial charge in [0.05, 0.1) is 29.5 Å². The molecule has 0 saturated heterocycles. The third kappa shape index (κ3) is 3.25. The Morgan fingerprint density at radius 3 is 2.65 bits per heavy atom. The minimum atomic E-state index is -0.339. The molecule has 1 amide bonds. The number of nitrogens with zero attached hydrogens (tertiary/aromatic N) is 2. The SMILES string of the molecule is C=CCn1c(=NC(=O)c2ccc(Cl)s2)sc2ccc(Cl)c(Cl)c21. The van der Waals surface area contributed by atoms with E-state index in [2.05, 4.69) is 11.6 Å². The molecule has 2 heterocycles. The molecule has 0 aliphatic rings. The zero-order chi connectivity index (χ0) is 16.6. The van der Waals surface area contributed by atoms with Crippen LogP contribution in [0.1, 0.15) is 9.67 Å². The van der Waals surface area contributed by atoms with Gasteiger partial charge in [-0.15, -0.1) is 17.9 Å². The highest BCUT2D eigenvalue weighted by Gasteiger charge is 2.14. The fraction of sp³-hybridized carbons (Fsp3) is 0.0667. The van der Waals surface area contributed by atoms with Crippen LogP contribution in [0.25, 0.3) is 10.2 Å². The van der Waals surface area contributed by atoms with Crippen molar-refractivity contribution in [3.63, 3.8) is 0 Å². The Balaban J connectivity index is 2.22. The summed E-state index contributed by atoms with van der Waals surface area (Å²) in [6.45, 7) is 4.21. The second-order valence-electron chi connectivity index (χ2n) is 4.51. The molecule has 0 bridgehead atoms. The smallest absolute Gasteiger partial charge is 0.289 e. The number of carbonyl (C=O) groups excluding carboxylic acids is 1. The number of carbonyl (C=O) groups is 1. The molecule has 3 aromatic rings. The maximum Gasteiger partial charge on any atom is 0.289 e. The first-order valence-electron chi connectivity index (χ1n) is 6.44. The van der Waals surface area contributed by atoms with Gasteiger partial charge in [0, 0.05) is 6.54 Å². The number of rotatable bonds is 3. The number of benzene rings is 1. The highest BCUT2D eigenvalue weighted by molar-refractivity contribution is 7.18. The summed E-state index contributed by atoms with van der Waals surface area (Å²) < 4.78 is 3.28. The van der Waals surface area contributed by atoms with Gasteiger partial charge in [0.25, 0.3) is 5.91 Å². The van der Waals surface area contributed by atoms with Crippen LogP contribution in [0.2, 0.25) is 14.4 Å². The summed E-state index contributed by atoms with van der Waals surface area (Å²) in [6.07, 6.45) is 1.72. The van der Waals surface area contributed by atoms with Gasteiger partial charge >= 0.3 is 0 Å². The Labute approximate surface area is 155 Å². The predicted molar refractivity (Wildman–Crippen MR) is 99.3 cm³/mol. The summed E-state index contributed by atoms with van der Waals surface area (Å²) >= 11 is 20.8. The molecule has 3 nitrogen and oxygen atoms in total. The van der Waals surface area contributed by atoms with E-state index in [9.17, 15) is 4.79 Å². The van der Waals surface area contributed by atoms with E-state index in [-0.39, 0.29) is 5.91 Å². The number of hydrogen-bond acceptors (Lipinski definition) is 3. The number of fused-ring (bicyclic) bond motifs is 1. The van der Waals surface area contributed by atoms with Gasteiger partial charge in [-0.3, -0.25) is 4.79 Å². The summed E-state index contributed by atoms with van der Waals surface area (Å²) in [5, 5.41) is 0.896. The fourth-order valence-electron chi connectivity index (χ4n) is 2.06. The Kier molecular flexibility index (Phi) is 4.94. The van der Waals surface area contributed by atoms with Gasteiger partial charge in [-0.2, -0.15) is 4.99 Å². The zero-order valence-electron chi connectivity index (χ0n) is 11.6. The Bertz CT molecular complexity index is 984. The molecule has 0 aliphatic heterocycles. The summed E-state index contributed by atoms with van der Waals surface area (Å²) in [6, 6.07) is 6.92. The van der Waals surface area contributed by atoms with Gasteiger partial charge in [-0.25, -0.2) is 0 Å². The Hall–Kier alpha value is -1.11. The van der Waals surface area contributed by atoms with E-state index in [1.807, 2.05) is 10.6 Å². The van der Waals surface area contributed by atoms with Crippen LogP contribution in [-0.2, 0) is 6.54 Å². The van der Waals surface area contributed by atoms with Crippen molar-refractivity contribution in [3.8, 4) is 0 Å². The maximum atomic E-state index is 12.3. The van der Waals surface area contributed by atoms with Crippen molar-refractivity contribution in [2.24, 2.45) is 4.99 Å². The summed E-state index contributed by atoms with van der Waals surface area (Å²) in [5.41, 5.74) is 0.750. The Morgan fingerprint density at radius 2 is 2.00 bits per heavy atom. The average Bonchev–Trinajstić information content (AvgIpc) is 3.09. The summed E-state index contributed by atoms with van der Waals surface area (Å²) in [5.74, 6) is -0.339. The minimum Gasteiger partial charge on any atom is -0.311 e. The Morgan fingerprint density at radius 1 is 1.22 bits per heavy atom. The van der Waals surface area contributed by atoms with Crippen LogP contribution in [0.15, 0.2) is 41.9 Å². The van der Waals surface area contributed by atoms with E-state index in [0.29, 0.717) is 30.6 Å². The van der Waals surface area contributed by atoms with Crippen LogP contribution in [0.5, 0.6) is 0 Å². The highest BCUT2D eigenvalue weighted by Crippen LogP contribution is 2.32. The lowest BCUT2D eigenvalue weighted by molar-refractivity contribution is 0.100. The predicted octanol–water partition coefficient (Wildman–Crippen LogP) is 5.65. The molecule has 2 aromatic heterocycles. The molecule has 8 heteroatoms. The van der Waals surface area contributed by atoms with E-state index < -0.39 is 0 Å². The quantitative estimate of drug-likeness (QED) is 0.520. The highest BCUT2D eigenvalue weighted by atomic mass is 35.5. The van der Waals surface area contributed by atoms with Crippen LogP contribution < -0.4 is 4.80 Å². The number of amides is 1. The standard InChI is InChI=1S/C15H9Cl3N2OS2/c1-2-7-20-13-9(4-3-8(16)12(13)18)23-15(20)19-14(21)10-5-6-11(17)22-10/h2-6H,1,7H2. The van der Waals surface area contributed by atoms with E-state index in [4.69, 9.17) is 34.8 Å². The molecule has 0 spiro atoms. The molecule has 0 unspecified atom stereocenters. The zero-order valence-corrected chi connectivity index (χ0v) is 15.5. The maximum absolute atomic E-state index is 12.3. The van der Waals surface area contributed by atoms with Crippen molar-refractivity contribution in [2.75, 3.05) is 0 Å². The molecule has 0 radical (unpaired) electrons. The normalized spacial score (nSPS) is 12.0. The lowest BCUT2D eigenvalue weighted by Crippen LogP contribution is -2.16. The second kappa shape index (κ2) is 6.79. The van der Waals surface area contributed by atoms with Crippen LogP contribution >= 0.6 is 57.5 Å². The topological polar surface area (TPSA) is 34.4 Å². The second-order valence-corrected chi connectivity index (χ2v) is 8.02. The molecule has 3 rings (SSSR count). The first kappa shape index (κ1) is 16.7. The molecular formula is C15H9Cl3N2OS2. The van der Waals surface area contributed by atoms with E-state index in [1.54, 1.807) is 24.3 Å². The average molecular weight is 404 g/mol. The first-order valence-corrected chi connectivity index (χ1v) is 9.20. The van der Waals surface area contributed by atoms with Gasteiger partial charge in [0.1, 0.15) is 0 Å². The molecular weight excluding hydrogens is 395 g/mol. The monoisotopic (exact) mass is 402 g/mol. The number of thiophene rings is 1. The van der Waals surface area contributed by atoms with Crippen LogP contribution in [0.3, 0.4) is 0 Å². The molecule has 0 N–H and O–H groups in total. The molecule has 0 saturated carbocycles. The van der Waals surface area contributed by atoms with Gasteiger partial charge in [-0.1, -0.05) is 52.2 Å². The van der Waals surface area contributed by atoms with Gasteiger partial charge < -0.3 is 4.57 Å². The minimum absolute atomic E-state index is 0.339. The van der Waals surface area contributed by atoms with Crippen molar-refractivity contribution in [3.05, 3.63) is 61.0 Å². The molecule has 0 fully saturated rings. The lowest BCUT2D eigenvalue weighted by Gasteiger charge is -2.03. The number of aromatic nitrogens is 1. The largest absolute Gasteiger partial charge is 0.311 e. The molecule has 1 aromatic carbocycles. The molecule has 118 valence electrons. The first-order chi connectivity index (χ1) is 11.0. The van der Waals surface area contributed by atoms with Crippen LogP contribution in [0, 0.1) is 0 Å². The van der Waals surface area contributed by atoms with Crippen molar-refractivity contribution in [2.45, 2.75) is 6.54 Å². The van der Waals surface area contributed by atoms with E-state index in [1.165, 1.54) is 22.7 Å². The summed E-state index contributed by atoms with van der Waals surface area (Å²) in [4.78, 5) is 17.5. The van der Waals surface area contributed by atoms with Crippen LogP contribution in [0.4, 0.5) is 0 Å².